The second-order valence-corrected chi connectivity index (χ2v) is 9.58. The van der Waals surface area contributed by atoms with E-state index in [1.54, 1.807) is 6.20 Å². The summed E-state index contributed by atoms with van der Waals surface area (Å²) in [6.07, 6.45) is 6.85. The van der Waals surface area contributed by atoms with Crippen LogP contribution in [-0.4, -0.2) is 21.0 Å². The molecule has 4 nitrogen and oxygen atoms in total. The number of nitrogens with one attached hydrogen (secondary N) is 2. The molecule has 3 aliphatic rings. The molecule has 7 rings (SSSR count). The second-order valence-electron chi connectivity index (χ2n) is 9.58. The van der Waals surface area contributed by atoms with Crippen molar-refractivity contribution in [1.82, 2.24) is 15.0 Å². The van der Waals surface area contributed by atoms with E-state index >= 15 is 0 Å². The van der Waals surface area contributed by atoms with Crippen LogP contribution >= 0.6 is 0 Å². The number of halogens is 2. The predicted octanol–water partition coefficient (Wildman–Crippen LogP) is 6.60. The second kappa shape index (κ2) is 7.26. The average molecular weight is 433 g/mol. The van der Waals surface area contributed by atoms with Gasteiger partial charge in [0.15, 0.2) is 5.82 Å². The quantitative estimate of drug-likeness (QED) is 0.383. The van der Waals surface area contributed by atoms with E-state index in [1.807, 2.05) is 19.1 Å². The number of fused-ring (bicyclic) bond motifs is 5. The van der Waals surface area contributed by atoms with Crippen molar-refractivity contribution >= 4 is 27.6 Å². The van der Waals surface area contributed by atoms with Crippen LogP contribution in [0.4, 0.5) is 14.6 Å². The summed E-state index contributed by atoms with van der Waals surface area (Å²) in [4.78, 5) is 12.7. The third kappa shape index (κ3) is 2.99. The molecule has 2 N–H and O–H groups in total. The molecule has 32 heavy (non-hydrogen) atoms. The Morgan fingerprint density at radius 3 is 2.56 bits per heavy atom. The van der Waals surface area contributed by atoms with E-state index in [-0.39, 0.29) is 5.52 Å². The van der Waals surface area contributed by atoms with Crippen molar-refractivity contribution in [1.29, 1.82) is 0 Å². The highest BCUT2D eigenvalue weighted by Crippen LogP contribution is 2.46. The molecule has 0 aliphatic heterocycles. The van der Waals surface area contributed by atoms with Gasteiger partial charge in [0.25, 0.3) is 0 Å². The van der Waals surface area contributed by atoms with Crippen LogP contribution in [0.1, 0.15) is 38.2 Å². The molecule has 3 fully saturated rings. The summed E-state index contributed by atoms with van der Waals surface area (Å²) in [6.45, 7) is 4.39. The van der Waals surface area contributed by atoms with Crippen molar-refractivity contribution in [2.75, 3.05) is 5.32 Å². The van der Waals surface area contributed by atoms with E-state index in [0.29, 0.717) is 34.7 Å². The first kappa shape index (κ1) is 19.6. The summed E-state index contributed by atoms with van der Waals surface area (Å²) in [6, 6.07) is 8.72. The maximum absolute atomic E-state index is 14.3. The van der Waals surface area contributed by atoms with E-state index < -0.39 is 11.6 Å². The average Bonchev–Trinajstić information content (AvgIpc) is 3.21. The number of anilines is 1. The minimum atomic E-state index is -0.617. The van der Waals surface area contributed by atoms with Crippen molar-refractivity contribution in [3.05, 3.63) is 53.7 Å². The van der Waals surface area contributed by atoms with Gasteiger partial charge in [-0.25, -0.2) is 18.7 Å². The largest absolute Gasteiger partial charge is 0.366 e. The van der Waals surface area contributed by atoms with Crippen LogP contribution in [0, 0.1) is 36.3 Å². The van der Waals surface area contributed by atoms with Crippen LogP contribution in [0.3, 0.4) is 0 Å². The first-order chi connectivity index (χ1) is 15.5. The Hall–Kier alpha value is -3.02. The molecule has 0 radical (unpaired) electrons. The molecule has 0 amide bonds. The van der Waals surface area contributed by atoms with Gasteiger partial charge in [-0.3, -0.25) is 0 Å². The van der Waals surface area contributed by atoms with Crippen molar-refractivity contribution < 1.29 is 8.78 Å². The van der Waals surface area contributed by atoms with Crippen LogP contribution in [0.15, 0.2) is 36.5 Å². The Morgan fingerprint density at radius 2 is 1.78 bits per heavy atom. The molecule has 6 heteroatoms. The Kier molecular flexibility index (Phi) is 4.46. The zero-order valence-electron chi connectivity index (χ0n) is 18.3. The highest BCUT2D eigenvalue weighted by atomic mass is 19.1. The van der Waals surface area contributed by atoms with Gasteiger partial charge >= 0.3 is 0 Å². The molecule has 2 unspecified atom stereocenters. The number of aryl methyl sites for hydroxylation is 1. The van der Waals surface area contributed by atoms with Gasteiger partial charge in [-0.05, 0) is 68.1 Å². The summed E-state index contributed by atoms with van der Waals surface area (Å²) in [5.41, 5.74) is 2.77. The summed E-state index contributed by atoms with van der Waals surface area (Å²) >= 11 is 0. The van der Waals surface area contributed by atoms with Crippen LogP contribution in [0.25, 0.3) is 33.2 Å². The molecule has 3 saturated carbocycles. The minimum Gasteiger partial charge on any atom is -0.366 e. The number of rotatable bonds is 3. The van der Waals surface area contributed by atoms with Gasteiger partial charge in [-0.1, -0.05) is 19.1 Å². The fourth-order valence-electron chi connectivity index (χ4n) is 6.03. The van der Waals surface area contributed by atoms with Crippen LogP contribution in [0.5, 0.6) is 0 Å². The third-order valence-electron chi connectivity index (χ3n) is 7.81. The highest BCUT2D eigenvalue weighted by Gasteiger charge is 2.41. The highest BCUT2D eigenvalue weighted by molar-refractivity contribution is 5.97. The van der Waals surface area contributed by atoms with E-state index in [0.717, 1.165) is 34.3 Å². The number of nitrogens with zero attached hydrogens (tertiary/aromatic N) is 2. The number of H-pyrrole nitrogens is 1. The van der Waals surface area contributed by atoms with E-state index in [4.69, 9.17) is 9.97 Å². The number of aromatic nitrogens is 3. The lowest BCUT2D eigenvalue weighted by atomic mass is 9.62. The molecule has 164 valence electrons. The molecular formula is C26H26F2N4. The fraction of sp³-hybridized carbons (Fsp3) is 0.385. The summed E-state index contributed by atoms with van der Waals surface area (Å²) < 4.78 is 28.3. The van der Waals surface area contributed by atoms with Crippen molar-refractivity contribution in [2.24, 2.45) is 17.8 Å². The maximum Gasteiger partial charge on any atom is 0.164 e. The summed E-state index contributed by atoms with van der Waals surface area (Å²) in [5, 5.41) is 5.23. The number of para-hydroxylation sites is 1. The number of hydrogen-bond acceptors (Lipinski definition) is 3. The molecule has 2 heterocycles. The Bertz CT molecular complexity index is 1330. The third-order valence-corrected chi connectivity index (χ3v) is 7.81. The number of benzene rings is 2. The van der Waals surface area contributed by atoms with Crippen molar-refractivity contribution in [2.45, 2.75) is 45.6 Å². The monoisotopic (exact) mass is 432 g/mol. The molecule has 2 atom stereocenters. The number of aromatic amines is 1. The van der Waals surface area contributed by atoms with Crippen molar-refractivity contribution in [3.63, 3.8) is 0 Å². The summed E-state index contributed by atoms with van der Waals surface area (Å²) in [7, 11) is 0. The zero-order chi connectivity index (χ0) is 22.0. The normalized spacial score (nSPS) is 25.0. The lowest BCUT2D eigenvalue weighted by Gasteiger charge is -2.47. The minimum absolute atomic E-state index is 0.266. The molecule has 0 spiro atoms. The Balaban J connectivity index is 1.52. The van der Waals surface area contributed by atoms with Gasteiger partial charge in [0.05, 0.1) is 11.0 Å². The Morgan fingerprint density at radius 1 is 1.00 bits per heavy atom. The molecule has 4 aromatic rings. The van der Waals surface area contributed by atoms with Gasteiger partial charge in [-0.2, -0.15) is 0 Å². The van der Waals surface area contributed by atoms with Gasteiger partial charge in [0, 0.05) is 34.6 Å². The standard InChI is InChI=1S/C26H26F2N4/c1-13-4-3-5-18-22(13)30-26(20-12-29-24-19(20)10-17(27)11-21(24)28)32-25(18)31-23-14(2)15-6-8-16(23)9-7-15/h3-5,10-12,14-16,23,29H,6-9H2,1-2H3,(H,30,31,32). The van der Waals surface area contributed by atoms with Crippen LogP contribution in [-0.2, 0) is 0 Å². The SMILES string of the molecule is Cc1cccc2c(NC3C4CCC(CC4)C3C)nc(-c3c[nH]c4c(F)cc(F)cc34)nc12. The van der Waals surface area contributed by atoms with Gasteiger partial charge in [0.1, 0.15) is 17.5 Å². The predicted molar refractivity (Wildman–Crippen MR) is 124 cm³/mol. The van der Waals surface area contributed by atoms with E-state index in [1.165, 1.54) is 31.7 Å². The lowest BCUT2D eigenvalue weighted by Crippen LogP contribution is -2.47. The zero-order valence-corrected chi connectivity index (χ0v) is 18.3. The topological polar surface area (TPSA) is 53.6 Å². The van der Waals surface area contributed by atoms with Crippen LogP contribution in [0.2, 0.25) is 0 Å². The summed E-state index contributed by atoms with van der Waals surface area (Å²) in [5.74, 6) is 2.07. The van der Waals surface area contributed by atoms with Gasteiger partial charge in [0.2, 0.25) is 0 Å². The molecular weight excluding hydrogens is 406 g/mol. The molecule has 2 aromatic carbocycles. The smallest absolute Gasteiger partial charge is 0.164 e. The molecule has 0 saturated heterocycles. The van der Waals surface area contributed by atoms with Gasteiger partial charge in [-0.15, -0.1) is 0 Å². The van der Waals surface area contributed by atoms with E-state index in [9.17, 15) is 8.78 Å². The maximum atomic E-state index is 14.3. The van der Waals surface area contributed by atoms with Crippen LogP contribution < -0.4 is 5.32 Å². The van der Waals surface area contributed by atoms with E-state index in [2.05, 4.69) is 23.3 Å². The van der Waals surface area contributed by atoms with Gasteiger partial charge < -0.3 is 10.3 Å². The van der Waals surface area contributed by atoms with Crippen molar-refractivity contribution in [3.8, 4) is 11.4 Å². The first-order valence-electron chi connectivity index (χ1n) is 11.5. The molecule has 2 bridgehead atoms. The molecule has 3 aliphatic carbocycles. The molecule has 2 aromatic heterocycles. The Labute approximate surface area is 185 Å². The lowest BCUT2D eigenvalue weighted by molar-refractivity contribution is 0.0929. The fourth-order valence-corrected chi connectivity index (χ4v) is 6.03. The number of hydrogen-bond donors (Lipinski definition) is 2. The first-order valence-corrected chi connectivity index (χ1v) is 11.5.